The second kappa shape index (κ2) is 8.01. The van der Waals surface area contributed by atoms with E-state index in [2.05, 4.69) is 10.6 Å². The van der Waals surface area contributed by atoms with Crippen molar-refractivity contribution in [3.05, 3.63) is 35.4 Å². The van der Waals surface area contributed by atoms with Crippen LogP contribution in [0.3, 0.4) is 0 Å². The minimum Gasteiger partial charge on any atom is -0.393 e. The van der Waals surface area contributed by atoms with E-state index in [1.807, 2.05) is 13.8 Å². The summed E-state index contributed by atoms with van der Waals surface area (Å²) in [5, 5.41) is 14.3. The number of rotatable bonds is 7. The molecule has 128 valence electrons. The number of halogens is 2. The van der Waals surface area contributed by atoms with Crippen LogP contribution in [-0.4, -0.2) is 36.1 Å². The molecule has 0 aromatic heterocycles. The van der Waals surface area contributed by atoms with E-state index in [0.29, 0.717) is 19.0 Å². The molecule has 0 fully saturated rings. The molecule has 0 radical (unpaired) electrons. The first kappa shape index (κ1) is 19.0. The number of aliphatic hydroxyl groups is 1. The summed E-state index contributed by atoms with van der Waals surface area (Å²) in [4.78, 5) is 23.4. The van der Waals surface area contributed by atoms with E-state index in [1.165, 1.54) is 0 Å². The minimum atomic E-state index is -0.985. The molecule has 5 nitrogen and oxygen atoms in total. The Morgan fingerprint density at radius 2 is 1.91 bits per heavy atom. The molecule has 0 aliphatic carbocycles. The van der Waals surface area contributed by atoms with Crippen LogP contribution in [0.2, 0.25) is 0 Å². The van der Waals surface area contributed by atoms with Gasteiger partial charge in [-0.25, -0.2) is 8.78 Å². The largest absolute Gasteiger partial charge is 0.393 e. The highest BCUT2D eigenvalue weighted by Crippen LogP contribution is 2.20. The minimum absolute atomic E-state index is 0.295. The second-order valence-corrected chi connectivity index (χ2v) is 6.30. The van der Waals surface area contributed by atoms with Crippen molar-refractivity contribution in [3.63, 3.8) is 0 Å². The number of carbonyl (C=O) groups is 2. The number of nitrogens with one attached hydrogen (secondary N) is 2. The Morgan fingerprint density at radius 1 is 1.26 bits per heavy atom. The fraction of sp³-hybridized carbons (Fsp3) is 0.500. The van der Waals surface area contributed by atoms with Crippen LogP contribution in [0.25, 0.3) is 0 Å². The Morgan fingerprint density at radius 3 is 2.48 bits per heavy atom. The van der Waals surface area contributed by atoms with E-state index in [1.54, 1.807) is 6.92 Å². The van der Waals surface area contributed by atoms with Crippen LogP contribution in [0.4, 0.5) is 8.78 Å². The predicted molar refractivity (Wildman–Crippen MR) is 81.8 cm³/mol. The molecule has 2 amide bonds. The molecule has 3 N–H and O–H groups in total. The second-order valence-electron chi connectivity index (χ2n) is 6.30. The SMILES string of the molecule is CC(O)CC(C)(C)CNC(=O)CNC(=O)c1ccc(F)cc1F. The fourth-order valence-corrected chi connectivity index (χ4v) is 2.20. The zero-order valence-corrected chi connectivity index (χ0v) is 13.5. The van der Waals surface area contributed by atoms with Crippen LogP contribution in [-0.2, 0) is 4.79 Å². The third kappa shape index (κ3) is 6.73. The lowest BCUT2D eigenvalue weighted by Gasteiger charge is -2.26. The van der Waals surface area contributed by atoms with Gasteiger partial charge in [-0.2, -0.15) is 0 Å². The maximum absolute atomic E-state index is 13.4. The highest BCUT2D eigenvalue weighted by atomic mass is 19.1. The molecule has 0 heterocycles. The predicted octanol–water partition coefficient (Wildman–Crippen LogP) is 1.61. The van der Waals surface area contributed by atoms with E-state index in [9.17, 15) is 23.5 Å². The molecule has 1 aromatic carbocycles. The van der Waals surface area contributed by atoms with Gasteiger partial charge in [-0.3, -0.25) is 9.59 Å². The van der Waals surface area contributed by atoms with Crippen molar-refractivity contribution < 1.29 is 23.5 Å². The highest BCUT2D eigenvalue weighted by molar-refractivity contribution is 5.96. The average Bonchev–Trinajstić information content (AvgIpc) is 2.41. The summed E-state index contributed by atoms with van der Waals surface area (Å²) >= 11 is 0. The van der Waals surface area contributed by atoms with Gasteiger partial charge in [0.1, 0.15) is 11.6 Å². The van der Waals surface area contributed by atoms with Gasteiger partial charge in [-0.1, -0.05) is 13.8 Å². The Labute approximate surface area is 134 Å². The molecule has 0 spiro atoms. The normalized spacial score (nSPS) is 12.6. The summed E-state index contributed by atoms with van der Waals surface area (Å²) in [6, 6.07) is 2.59. The zero-order chi connectivity index (χ0) is 17.6. The van der Waals surface area contributed by atoms with Gasteiger partial charge in [0.25, 0.3) is 5.91 Å². The van der Waals surface area contributed by atoms with Crippen LogP contribution < -0.4 is 10.6 Å². The van der Waals surface area contributed by atoms with Crippen molar-refractivity contribution in [1.29, 1.82) is 0 Å². The third-order valence-corrected chi connectivity index (χ3v) is 3.20. The zero-order valence-electron chi connectivity index (χ0n) is 13.5. The van der Waals surface area contributed by atoms with Crippen molar-refractivity contribution in [3.8, 4) is 0 Å². The van der Waals surface area contributed by atoms with Crippen molar-refractivity contribution in [2.24, 2.45) is 5.41 Å². The number of benzene rings is 1. The van der Waals surface area contributed by atoms with Gasteiger partial charge in [0.2, 0.25) is 5.91 Å². The third-order valence-electron chi connectivity index (χ3n) is 3.20. The molecule has 1 unspecified atom stereocenters. The van der Waals surface area contributed by atoms with E-state index >= 15 is 0 Å². The highest BCUT2D eigenvalue weighted by Gasteiger charge is 2.21. The van der Waals surface area contributed by atoms with Crippen LogP contribution >= 0.6 is 0 Å². The first-order chi connectivity index (χ1) is 10.6. The average molecular weight is 328 g/mol. The summed E-state index contributed by atoms with van der Waals surface area (Å²) in [5.74, 6) is -2.99. The lowest BCUT2D eigenvalue weighted by Crippen LogP contribution is -2.41. The van der Waals surface area contributed by atoms with Gasteiger partial charge in [0, 0.05) is 12.6 Å². The molecular weight excluding hydrogens is 306 g/mol. The van der Waals surface area contributed by atoms with Crippen LogP contribution in [0.15, 0.2) is 18.2 Å². The quantitative estimate of drug-likeness (QED) is 0.711. The molecule has 23 heavy (non-hydrogen) atoms. The molecule has 1 aromatic rings. The lowest BCUT2D eigenvalue weighted by atomic mass is 9.87. The maximum Gasteiger partial charge on any atom is 0.254 e. The number of carbonyl (C=O) groups excluding carboxylic acids is 2. The number of hydrogen-bond donors (Lipinski definition) is 3. The van der Waals surface area contributed by atoms with Crippen LogP contribution in [0, 0.1) is 17.0 Å². The van der Waals surface area contributed by atoms with Gasteiger partial charge >= 0.3 is 0 Å². The molecular formula is C16H22F2N2O3. The smallest absolute Gasteiger partial charge is 0.254 e. The van der Waals surface area contributed by atoms with Crippen molar-refractivity contribution >= 4 is 11.8 Å². The van der Waals surface area contributed by atoms with E-state index in [0.717, 1.165) is 12.1 Å². The molecule has 0 saturated heterocycles. The molecule has 0 aliphatic rings. The van der Waals surface area contributed by atoms with E-state index in [-0.39, 0.29) is 17.5 Å². The molecule has 0 aliphatic heterocycles. The Hall–Kier alpha value is -2.02. The molecule has 7 heteroatoms. The van der Waals surface area contributed by atoms with Crippen molar-refractivity contribution in [1.82, 2.24) is 10.6 Å². The molecule has 1 rings (SSSR count). The van der Waals surface area contributed by atoms with Gasteiger partial charge in [-0.05, 0) is 30.9 Å². The summed E-state index contributed by atoms with van der Waals surface area (Å²) in [5.41, 5.74) is -0.620. The van der Waals surface area contributed by atoms with E-state index < -0.39 is 29.6 Å². The first-order valence-corrected chi connectivity index (χ1v) is 7.29. The molecule has 0 saturated carbocycles. The monoisotopic (exact) mass is 328 g/mol. The summed E-state index contributed by atoms with van der Waals surface area (Å²) < 4.78 is 26.2. The van der Waals surface area contributed by atoms with Gasteiger partial charge in [-0.15, -0.1) is 0 Å². The maximum atomic E-state index is 13.4. The Bertz CT molecular complexity index is 574. The lowest BCUT2D eigenvalue weighted by molar-refractivity contribution is -0.120. The number of aliphatic hydroxyl groups excluding tert-OH is 1. The molecule has 0 bridgehead atoms. The van der Waals surface area contributed by atoms with Crippen LogP contribution in [0.5, 0.6) is 0 Å². The number of hydrogen-bond acceptors (Lipinski definition) is 3. The summed E-state index contributed by atoms with van der Waals surface area (Å²) in [6.07, 6.45) is 0.0310. The van der Waals surface area contributed by atoms with Crippen molar-refractivity contribution in [2.75, 3.05) is 13.1 Å². The van der Waals surface area contributed by atoms with Crippen molar-refractivity contribution in [2.45, 2.75) is 33.3 Å². The Kier molecular flexibility index (Phi) is 6.62. The molecule has 1 atom stereocenters. The standard InChI is InChI=1S/C16H22F2N2O3/c1-10(21)7-16(2,3)9-20-14(22)8-19-15(23)12-5-4-11(17)6-13(12)18/h4-6,10,21H,7-9H2,1-3H3,(H,19,23)(H,20,22). The topological polar surface area (TPSA) is 78.4 Å². The van der Waals surface area contributed by atoms with E-state index in [4.69, 9.17) is 0 Å². The Balaban J connectivity index is 2.45. The van der Waals surface area contributed by atoms with Gasteiger partial charge in [0.05, 0.1) is 18.2 Å². The number of amides is 2. The first-order valence-electron chi connectivity index (χ1n) is 7.29. The summed E-state index contributed by atoms with van der Waals surface area (Å²) in [6.45, 7) is 5.47. The van der Waals surface area contributed by atoms with Crippen LogP contribution in [0.1, 0.15) is 37.6 Å². The van der Waals surface area contributed by atoms with Gasteiger partial charge in [0.15, 0.2) is 0 Å². The summed E-state index contributed by atoms with van der Waals surface area (Å²) in [7, 11) is 0. The van der Waals surface area contributed by atoms with Gasteiger partial charge < -0.3 is 15.7 Å². The fourth-order valence-electron chi connectivity index (χ4n) is 2.20.